The molecule has 0 radical (unpaired) electrons. The Morgan fingerprint density at radius 2 is 1.95 bits per heavy atom. The molecule has 3 N–H and O–H groups in total. The van der Waals surface area contributed by atoms with Gasteiger partial charge in [0.1, 0.15) is 5.82 Å². The monoisotopic (exact) mass is 279 g/mol. The van der Waals surface area contributed by atoms with E-state index in [2.05, 4.69) is 5.32 Å². The summed E-state index contributed by atoms with van der Waals surface area (Å²) < 4.78 is 13.5. The summed E-state index contributed by atoms with van der Waals surface area (Å²) >= 11 is 0. The van der Waals surface area contributed by atoms with Crippen molar-refractivity contribution in [3.8, 4) is 0 Å². The molecule has 0 bridgehead atoms. The molecule has 1 heterocycles. The van der Waals surface area contributed by atoms with Crippen LogP contribution in [0.4, 0.5) is 10.1 Å². The summed E-state index contributed by atoms with van der Waals surface area (Å²) in [6, 6.07) is 3.84. The Balaban J connectivity index is 1.89. The molecule has 108 valence electrons. The van der Waals surface area contributed by atoms with E-state index in [4.69, 9.17) is 5.73 Å². The molecule has 0 saturated carbocycles. The predicted octanol–water partition coefficient (Wildman–Crippen LogP) is 1.15. The number of amides is 2. The number of halogens is 1. The van der Waals surface area contributed by atoms with Gasteiger partial charge in [-0.3, -0.25) is 9.59 Å². The fourth-order valence-corrected chi connectivity index (χ4v) is 2.22. The lowest BCUT2D eigenvalue weighted by atomic mass is 10.1. The molecule has 1 aromatic carbocycles. The third kappa shape index (κ3) is 3.46. The Kier molecular flexibility index (Phi) is 4.55. The van der Waals surface area contributed by atoms with Gasteiger partial charge >= 0.3 is 0 Å². The van der Waals surface area contributed by atoms with Gasteiger partial charge < -0.3 is 16.0 Å². The Bertz CT molecular complexity index is 513. The SMILES string of the molecule is Nc1ccc(C(=O)NCC(=O)N2CCCCC2)c(F)c1. The number of nitrogens with two attached hydrogens (primary N) is 1. The topological polar surface area (TPSA) is 75.4 Å². The van der Waals surface area contributed by atoms with Crippen molar-refractivity contribution in [3.05, 3.63) is 29.6 Å². The lowest BCUT2D eigenvalue weighted by molar-refractivity contribution is -0.130. The molecule has 0 spiro atoms. The van der Waals surface area contributed by atoms with Crippen LogP contribution >= 0.6 is 0 Å². The van der Waals surface area contributed by atoms with Crippen molar-refractivity contribution in [1.29, 1.82) is 0 Å². The van der Waals surface area contributed by atoms with E-state index in [1.807, 2.05) is 0 Å². The summed E-state index contributed by atoms with van der Waals surface area (Å²) in [6.45, 7) is 1.35. The van der Waals surface area contributed by atoms with Crippen LogP contribution in [0, 0.1) is 5.82 Å². The largest absolute Gasteiger partial charge is 0.399 e. The van der Waals surface area contributed by atoms with Gasteiger partial charge in [0.15, 0.2) is 0 Å². The zero-order chi connectivity index (χ0) is 14.5. The van der Waals surface area contributed by atoms with E-state index in [-0.39, 0.29) is 23.7 Å². The van der Waals surface area contributed by atoms with E-state index in [1.165, 1.54) is 12.1 Å². The number of likely N-dealkylation sites (tertiary alicyclic amines) is 1. The highest BCUT2D eigenvalue weighted by molar-refractivity contribution is 5.96. The average molecular weight is 279 g/mol. The standard InChI is InChI=1S/C14H18FN3O2/c15-12-8-10(16)4-5-11(12)14(20)17-9-13(19)18-6-2-1-3-7-18/h4-5,8H,1-3,6-7,9,16H2,(H,17,20). The van der Waals surface area contributed by atoms with Crippen molar-refractivity contribution in [2.45, 2.75) is 19.3 Å². The van der Waals surface area contributed by atoms with E-state index < -0.39 is 11.7 Å². The molecule has 6 heteroatoms. The zero-order valence-electron chi connectivity index (χ0n) is 11.2. The van der Waals surface area contributed by atoms with Gasteiger partial charge in [-0.2, -0.15) is 0 Å². The number of anilines is 1. The van der Waals surface area contributed by atoms with Crippen molar-refractivity contribution in [2.24, 2.45) is 0 Å². The molecule has 0 aromatic heterocycles. The van der Waals surface area contributed by atoms with Crippen LogP contribution in [-0.4, -0.2) is 36.3 Å². The third-order valence-corrected chi connectivity index (χ3v) is 3.35. The van der Waals surface area contributed by atoms with Crippen LogP contribution in [-0.2, 0) is 4.79 Å². The second kappa shape index (κ2) is 6.36. The van der Waals surface area contributed by atoms with Crippen LogP contribution in [0.1, 0.15) is 29.6 Å². The van der Waals surface area contributed by atoms with Crippen LogP contribution < -0.4 is 11.1 Å². The van der Waals surface area contributed by atoms with Crippen LogP contribution in [0.3, 0.4) is 0 Å². The quantitative estimate of drug-likeness (QED) is 0.815. The van der Waals surface area contributed by atoms with Gasteiger partial charge in [-0.05, 0) is 37.5 Å². The molecule has 0 unspecified atom stereocenters. The number of hydrogen-bond acceptors (Lipinski definition) is 3. The van der Waals surface area contributed by atoms with E-state index in [0.717, 1.165) is 38.4 Å². The first-order valence-electron chi connectivity index (χ1n) is 6.69. The van der Waals surface area contributed by atoms with Crippen LogP contribution in [0.25, 0.3) is 0 Å². The van der Waals surface area contributed by atoms with Crippen molar-refractivity contribution >= 4 is 17.5 Å². The van der Waals surface area contributed by atoms with Crippen molar-refractivity contribution in [3.63, 3.8) is 0 Å². The molecule has 1 aliphatic heterocycles. The Morgan fingerprint density at radius 3 is 2.60 bits per heavy atom. The van der Waals surface area contributed by atoms with E-state index in [9.17, 15) is 14.0 Å². The third-order valence-electron chi connectivity index (χ3n) is 3.35. The molecular formula is C14H18FN3O2. The Hall–Kier alpha value is -2.11. The summed E-state index contributed by atoms with van der Waals surface area (Å²) in [7, 11) is 0. The van der Waals surface area contributed by atoms with Crippen LogP contribution in [0.2, 0.25) is 0 Å². The second-order valence-electron chi connectivity index (χ2n) is 4.86. The number of nitrogens with one attached hydrogen (secondary N) is 1. The number of carbonyl (C=O) groups excluding carboxylic acids is 2. The van der Waals surface area contributed by atoms with Gasteiger partial charge in [0.2, 0.25) is 5.91 Å². The maximum atomic E-state index is 13.5. The summed E-state index contributed by atoms with van der Waals surface area (Å²) in [4.78, 5) is 25.4. The van der Waals surface area contributed by atoms with Crippen LogP contribution in [0.5, 0.6) is 0 Å². The highest BCUT2D eigenvalue weighted by Crippen LogP contribution is 2.12. The lowest BCUT2D eigenvalue weighted by Gasteiger charge is -2.26. The lowest BCUT2D eigenvalue weighted by Crippen LogP contribution is -2.42. The molecule has 2 amide bonds. The first-order valence-corrected chi connectivity index (χ1v) is 6.69. The fourth-order valence-electron chi connectivity index (χ4n) is 2.22. The molecule has 1 fully saturated rings. The zero-order valence-corrected chi connectivity index (χ0v) is 11.2. The van der Waals surface area contributed by atoms with Gasteiger partial charge in [-0.25, -0.2) is 4.39 Å². The molecule has 2 rings (SSSR count). The summed E-state index contributed by atoms with van der Waals surface area (Å²) in [5, 5.41) is 2.45. The van der Waals surface area contributed by atoms with Gasteiger partial charge in [0.25, 0.3) is 5.91 Å². The smallest absolute Gasteiger partial charge is 0.254 e. The maximum Gasteiger partial charge on any atom is 0.254 e. The normalized spacial score (nSPS) is 14.9. The number of piperidine rings is 1. The number of rotatable bonds is 3. The predicted molar refractivity (Wildman–Crippen MR) is 73.6 cm³/mol. The molecular weight excluding hydrogens is 261 g/mol. The van der Waals surface area contributed by atoms with Crippen molar-refractivity contribution in [2.75, 3.05) is 25.4 Å². The van der Waals surface area contributed by atoms with E-state index in [1.54, 1.807) is 4.90 Å². The van der Waals surface area contributed by atoms with Crippen molar-refractivity contribution in [1.82, 2.24) is 10.2 Å². The molecule has 5 nitrogen and oxygen atoms in total. The van der Waals surface area contributed by atoms with Crippen LogP contribution in [0.15, 0.2) is 18.2 Å². The molecule has 0 atom stereocenters. The summed E-state index contributed by atoms with van der Waals surface area (Å²) in [5.74, 6) is -1.42. The highest BCUT2D eigenvalue weighted by atomic mass is 19.1. The summed E-state index contributed by atoms with van der Waals surface area (Å²) in [5.41, 5.74) is 5.56. The molecule has 1 aromatic rings. The highest BCUT2D eigenvalue weighted by Gasteiger charge is 2.18. The first-order chi connectivity index (χ1) is 9.58. The van der Waals surface area contributed by atoms with Gasteiger partial charge in [0, 0.05) is 18.8 Å². The summed E-state index contributed by atoms with van der Waals surface area (Å²) in [6.07, 6.45) is 3.12. The molecule has 20 heavy (non-hydrogen) atoms. The number of nitrogen functional groups attached to an aromatic ring is 1. The van der Waals surface area contributed by atoms with Crippen molar-refractivity contribution < 1.29 is 14.0 Å². The number of carbonyl (C=O) groups is 2. The number of benzene rings is 1. The minimum atomic E-state index is -0.687. The Labute approximate surface area is 116 Å². The van der Waals surface area contributed by atoms with E-state index >= 15 is 0 Å². The maximum absolute atomic E-state index is 13.5. The molecule has 0 aliphatic carbocycles. The second-order valence-corrected chi connectivity index (χ2v) is 4.86. The molecule has 1 aliphatic rings. The van der Waals surface area contributed by atoms with Gasteiger partial charge in [-0.15, -0.1) is 0 Å². The average Bonchev–Trinajstić information content (AvgIpc) is 2.45. The first kappa shape index (κ1) is 14.3. The minimum absolute atomic E-state index is 0.106. The number of nitrogens with zero attached hydrogens (tertiary/aromatic N) is 1. The minimum Gasteiger partial charge on any atom is -0.399 e. The Morgan fingerprint density at radius 1 is 1.25 bits per heavy atom. The van der Waals surface area contributed by atoms with Gasteiger partial charge in [-0.1, -0.05) is 0 Å². The van der Waals surface area contributed by atoms with E-state index in [0.29, 0.717) is 0 Å². The number of hydrogen-bond donors (Lipinski definition) is 2. The fraction of sp³-hybridized carbons (Fsp3) is 0.429. The van der Waals surface area contributed by atoms with Gasteiger partial charge in [0.05, 0.1) is 12.1 Å². The molecule has 1 saturated heterocycles.